The van der Waals surface area contributed by atoms with Gasteiger partial charge in [-0.2, -0.15) is 8.78 Å². The number of fused-ring (bicyclic) bond motifs is 4. The summed E-state index contributed by atoms with van der Waals surface area (Å²) in [6.45, 7) is 39.5. The van der Waals surface area contributed by atoms with Gasteiger partial charge in [0.05, 0.1) is 33.9 Å². The number of hydrogen-bond acceptors (Lipinski definition) is 12. The lowest BCUT2D eigenvalue weighted by atomic mass is 9.61. The van der Waals surface area contributed by atoms with Crippen LogP contribution in [0.3, 0.4) is 0 Å². The van der Waals surface area contributed by atoms with Gasteiger partial charge in [-0.05, 0) is 354 Å². The van der Waals surface area contributed by atoms with Crippen molar-refractivity contribution in [3.05, 3.63) is 202 Å². The van der Waals surface area contributed by atoms with E-state index in [1.54, 1.807) is 25.5 Å². The van der Waals surface area contributed by atoms with Crippen molar-refractivity contribution in [1.82, 2.24) is 0 Å². The van der Waals surface area contributed by atoms with Gasteiger partial charge in [-0.1, -0.05) is 223 Å². The highest BCUT2D eigenvalue weighted by atomic mass is 32.2. The van der Waals surface area contributed by atoms with Crippen molar-refractivity contribution >= 4 is 39.3 Å². The molecule has 0 aromatic heterocycles. The first-order valence-electron chi connectivity index (χ1n) is 47.0. The second-order valence-corrected chi connectivity index (χ2v) is 51.7. The molecule has 692 valence electrons. The van der Waals surface area contributed by atoms with E-state index in [0.29, 0.717) is 66.6 Å². The molecule has 12 fully saturated rings. The Balaban J connectivity index is 0.000000173. The maximum absolute atomic E-state index is 14.6. The number of sulfone groups is 4. The third-order valence-electron chi connectivity index (χ3n) is 33.3. The maximum atomic E-state index is 14.6. The van der Waals surface area contributed by atoms with E-state index in [4.69, 9.17) is 0 Å². The normalized spacial score (nSPS) is 36.8. The summed E-state index contributed by atoms with van der Waals surface area (Å²) in [6.07, 6.45) is 69.2. The SMILES string of the molecule is C=C1CCC(O)C/C1=C/C=C1\CCC[C@]2(C)C(C(C)/C=C/C(C)(C)S(C)(=O)=O)CC[C@@H]12.C=C1CCC(O)C/C1=C/C=C1\CCC[C@]2(C)C(C(C)/C=C/C(C)(F)S(C)(=O)=O)CC[C@@H]12.C=C1CCC(O)C/C1=C/C=C1\CCC[C@]2(C)C(C(C)/C=C/C(F)(F)S(C)(=O)=O)CC[C@@H]12.C=C1CCC(O)C/C1=C/C=C1\CCC[C@]2(C)C(C(C)/C=C/C3(S(C)(=O)=O)CC3)=CC[C@@H]12. The summed E-state index contributed by atoms with van der Waals surface area (Å²) < 4.78 is 135. The molecule has 0 aliphatic heterocycles. The van der Waals surface area contributed by atoms with E-state index in [1.807, 2.05) is 19.1 Å². The number of allylic oxidation sites excluding steroid dienone is 22. The summed E-state index contributed by atoms with van der Waals surface area (Å²) in [4.78, 5) is 0. The molecular weight excluding hydrogens is 1640 g/mol. The molecule has 13 aliphatic rings. The largest absolute Gasteiger partial charge is 0.393 e. The topological polar surface area (TPSA) is 217 Å². The predicted molar refractivity (Wildman–Crippen MR) is 506 cm³/mol. The van der Waals surface area contributed by atoms with Gasteiger partial charge in [0.25, 0.3) is 0 Å². The minimum atomic E-state index is -4.46. The summed E-state index contributed by atoms with van der Waals surface area (Å²) >= 11 is 0. The molecule has 0 spiro atoms. The zero-order chi connectivity index (χ0) is 91.5. The van der Waals surface area contributed by atoms with Gasteiger partial charge in [0.1, 0.15) is 0 Å². The molecule has 0 heterocycles. The minimum absolute atomic E-state index is 0.0236. The molecule has 4 N–H and O–H groups in total. The number of hydrogen-bond donors (Lipinski definition) is 4. The molecule has 19 heteroatoms. The Morgan fingerprint density at radius 2 is 0.726 bits per heavy atom. The lowest BCUT2D eigenvalue weighted by Crippen LogP contribution is -2.36. The third kappa shape index (κ3) is 23.3. The molecular formula is C105H155F3O12S4. The fourth-order valence-electron chi connectivity index (χ4n) is 24.5. The van der Waals surface area contributed by atoms with Crippen LogP contribution in [0.4, 0.5) is 13.2 Å². The van der Waals surface area contributed by atoms with Crippen molar-refractivity contribution in [2.45, 2.75) is 332 Å². The first-order chi connectivity index (χ1) is 57.6. The van der Waals surface area contributed by atoms with Gasteiger partial charge in [-0.3, -0.25) is 0 Å². The highest BCUT2D eigenvalue weighted by molar-refractivity contribution is 7.93. The van der Waals surface area contributed by atoms with E-state index in [-0.39, 0.29) is 69.7 Å². The standard InChI is InChI=1S/C27H38O3S.C27H42O3S.C26H39FO3S.C25H36F2O3S/c1-19-7-10-23(28)18-22(19)9-8-21-6-5-14-26(3)24(11-12-25(21)26)20(2)13-15-27(16-17-27)31(4,29)30;1-19-9-12-23(28)18-22(19)11-10-21-8-7-16-27(5)24(13-14-25(21)27)20(2)15-17-26(3,4)31(6,29)30;1-18-8-11-22(28)17-21(18)10-9-20-7-6-15-25(3)23(12-13-24(20)25)19(2)14-16-26(4,27)31(5,29)30;1-17-7-10-21(28)16-20(17)9-8-19-6-5-14-24(3)22(11-12-23(19)24)18(2)13-15-25(26,27)31(4,29)30/h8-9,11,13,15,20,23,25,28H,1,5-7,10,12,14,16-18H2,2-4H3;10-11,15,17,20,23-25,28H,1,7-9,12-14,16,18H2,2-6H3;9-10,14,16,19,22-24,28H,1,6-8,11-13,15,17H2,2-5H3;8-9,13,15,18,21-23,28H,1,5-7,10-12,14,16H2,2-4H3/b15-13+,21-8+,22-9-;17-15+,21-10+,22-11-;16-14+,20-9+,21-10-;15-13+,19-8+,20-9-/t20?,23?,25-,26+;20?,23?,24?,25-,27+;19?,22?,23?,24-,25+,26?;18?,21?,22?,23-,24+/m0000/s1. The van der Waals surface area contributed by atoms with E-state index in [0.717, 1.165) is 190 Å². The Morgan fingerprint density at radius 1 is 0.403 bits per heavy atom. The highest BCUT2D eigenvalue weighted by Crippen LogP contribution is 2.64. The molecule has 0 aromatic carbocycles. The van der Waals surface area contributed by atoms with Crippen LogP contribution in [0.25, 0.3) is 0 Å². The van der Waals surface area contributed by atoms with Crippen molar-refractivity contribution < 1.29 is 67.3 Å². The first-order valence-corrected chi connectivity index (χ1v) is 54.5. The molecule has 20 atom stereocenters. The van der Waals surface area contributed by atoms with Crippen molar-refractivity contribution in [2.75, 3.05) is 25.0 Å². The van der Waals surface area contributed by atoms with Gasteiger partial charge in [0, 0.05) is 25.0 Å². The van der Waals surface area contributed by atoms with Crippen LogP contribution in [0.2, 0.25) is 0 Å². The van der Waals surface area contributed by atoms with Crippen LogP contribution in [0.5, 0.6) is 0 Å². The number of rotatable bonds is 20. The monoisotopic (exact) mass is 1790 g/mol. The predicted octanol–water partition coefficient (Wildman–Crippen LogP) is 24.1. The van der Waals surface area contributed by atoms with Gasteiger partial charge in [0.2, 0.25) is 14.8 Å². The molecule has 13 aliphatic carbocycles. The zero-order valence-electron chi connectivity index (χ0n) is 78.0. The van der Waals surface area contributed by atoms with Gasteiger partial charge >= 0.3 is 5.25 Å². The van der Waals surface area contributed by atoms with Crippen LogP contribution in [0.1, 0.15) is 288 Å². The van der Waals surface area contributed by atoms with Gasteiger partial charge < -0.3 is 20.4 Å². The quantitative estimate of drug-likeness (QED) is 0.0837. The average molecular weight is 1790 g/mol. The summed E-state index contributed by atoms with van der Waals surface area (Å²) in [7, 11) is -14.4. The van der Waals surface area contributed by atoms with E-state index in [9.17, 15) is 67.3 Å². The van der Waals surface area contributed by atoms with Gasteiger partial charge in [0.15, 0.2) is 29.5 Å². The number of halogens is 3. The molecule has 0 bridgehead atoms. The number of aliphatic hydroxyl groups excluding tert-OH is 4. The summed E-state index contributed by atoms with van der Waals surface area (Å²) in [5.41, 5.74) is 17.4. The van der Waals surface area contributed by atoms with Crippen LogP contribution >= 0.6 is 0 Å². The Bertz CT molecular complexity index is 4430. The van der Waals surface area contributed by atoms with Crippen molar-refractivity contribution in [2.24, 2.45) is 86.8 Å². The van der Waals surface area contributed by atoms with Crippen molar-refractivity contribution in [3.8, 4) is 0 Å². The Kier molecular flexibility index (Phi) is 32.6. The van der Waals surface area contributed by atoms with Crippen molar-refractivity contribution in [3.63, 3.8) is 0 Å². The van der Waals surface area contributed by atoms with Crippen molar-refractivity contribution in [1.29, 1.82) is 0 Å². The maximum Gasteiger partial charge on any atom is 0.363 e. The number of aliphatic hydroxyl groups is 4. The smallest absolute Gasteiger partial charge is 0.363 e. The zero-order valence-corrected chi connectivity index (χ0v) is 81.2. The summed E-state index contributed by atoms with van der Waals surface area (Å²) in [5.74, 6) is 3.90. The molecule has 12 nitrogen and oxygen atoms in total. The lowest BCUT2D eigenvalue weighted by molar-refractivity contribution is 0.110. The molecule has 124 heavy (non-hydrogen) atoms. The molecule has 13 rings (SSSR count). The van der Waals surface area contributed by atoms with E-state index in [1.165, 1.54) is 113 Å². The third-order valence-corrected chi connectivity index (χ3v) is 40.1. The second-order valence-electron chi connectivity index (χ2n) is 42.3. The van der Waals surface area contributed by atoms with Crippen LogP contribution in [-0.4, -0.2) is 123 Å². The molecule has 0 radical (unpaired) electrons. The molecule has 0 aromatic rings. The molecule has 12 unspecified atom stereocenters. The lowest BCUT2D eigenvalue weighted by Gasteiger charge is -2.44. The molecule has 12 saturated carbocycles. The average Bonchev–Trinajstić information content (AvgIpc) is 1.61. The van der Waals surface area contributed by atoms with Crippen LogP contribution in [0, 0.1) is 86.8 Å². The Labute approximate surface area is 747 Å². The Morgan fingerprint density at radius 3 is 1.04 bits per heavy atom. The van der Waals surface area contributed by atoms with E-state index < -0.39 is 59.1 Å². The fraction of sp³-hybridized carbons (Fsp3) is 0.676. The van der Waals surface area contributed by atoms with Gasteiger partial charge in [-0.15, -0.1) is 0 Å². The molecule has 0 amide bonds. The minimum Gasteiger partial charge on any atom is -0.393 e. The van der Waals surface area contributed by atoms with Gasteiger partial charge in [-0.25, -0.2) is 38.1 Å². The summed E-state index contributed by atoms with van der Waals surface area (Å²) in [5, 5.41) is 33.9. The van der Waals surface area contributed by atoms with E-state index >= 15 is 0 Å². The van der Waals surface area contributed by atoms with E-state index in [2.05, 4.69) is 142 Å². The second kappa shape index (κ2) is 40.0. The van der Waals surface area contributed by atoms with Crippen LogP contribution < -0.4 is 0 Å². The number of alkyl halides is 3. The Hall–Kier alpha value is -4.99. The van der Waals surface area contributed by atoms with Crippen LogP contribution in [-0.2, 0) is 39.3 Å². The first kappa shape index (κ1) is 101. The highest BCUT2D eigenvalue weighted by Gasteiger charge is 2.55. The van der Waals surface area contributed by atoms with Crippen LogP contribution in [0.15, 0.2) is 202 Å². The molecule has 0 saturated heterocycles. The fourth-order valence-corrected chi connectivity index (χ4v) is 26.7. The summed E-state index contributed by atoms with van der Waals surface area (Å²) in [6, 6.07) is 0.